The molecule has 26 heavy (non-hydrogen) atoms. The summed E-state index contributed by atoms with van der Waals surface area (Å²) in [6, 6.07) is 7.27. The van der Waals surface area contributed by atoms with Crippen LogP contribution in [0.3, 0.4) is 0 Å². The van der Waals surface area contributed by atoms with E-state index >= 15 is 0 Å². The van der Waals surface area contributed by atoms with E-state index in [1.54, 1.807) is 29.8 Å². The van der Waals surface area contributed by atoms with Gasteiger partial charge in [-0.1, -0.05) is 19.4 Å². The van der Waals surface area contributed by atoms with Gasteiger partial charge in [0.2, 0.25) is 0 Å². The van der Waals surface area contributed by atoms with Gasteiger partial charge in [-0.25, -0.2) is 4.98 Å². The van der Waals surface area contributed by atoms with Gasteiger partial charge in [0.15, 0.2) is 16.6 Å². The summed E-state index contributed by atoms with van der Waals surface area (Å²) in [6.45, 7) is 5.10. The van der Waals surface area contributed by atoms with Crippen LogP contribution in [0.4, 0.5) is 5.13 Å². The summed E-state index contributed by atoms with van der Waals surface area (Å²) in [4.78, 5) is 16.2. The monoisotopic (exact) mass is 371 g/mol. The van der Waals surface area contributed by atoms with Crippen molar-refractivity contribution in [3.05, 3.63) is 40.9 Å². The average Bonchev–Trinajstić information content (AvgIpc) is 3.14. The smallest absolute Gasteiger partial charge is 0.268 e. The van der Waals surface area contributed by atoms with Crippen LogP contribution in [-0.2, 0) is 4.79 Å². The van der Waals surface area contributed by atoms with Gasteiger partial charge >= 0.3 is 0 Å². The second kappa shape index (κ2) is 10.2. The molecule has 0 aliphatic rings. The fourth-order valence-corrected chi connectivity index (χ4v) is 2.62. The van der Waals surface area contributed by atoms with E-state index in [1.807, 2.05) is 13.0 Å². The summed E-state index contributed by atoms with van der Waals surface area (Å²) in [5.74, 6) is 0.752. The Hall–Kier alpha value is -2.85. The number of hydrogen-bond donors (Lipinski definition) is 1. The fourth-order valence-electron chi connectivity index (χ4n) is 2.09. The molecule has 6 nitrogen and oxygen atoms in total. The number of rotatable bonds is 9. The highest BCUT2D eigenvalue weighted by Crippen LogP contribution is 2.29. The molecule has 1 N–H and O–H groups in total. The second-order valence-corrected chi connectivity index (χ2v) is 6.20. The molecule has 136 valence electrons. The number of nitriles is 1. The van der Waals surface area contributed by atoms with Gasteiger partial charge in [-0.2, -0.15) is 5.26 Å². The van der Waals surface area contributed by atoms with E-state index < -0.39 is 5.91 Å². The molecule has 7 heteroatoms. The molecule has 2 aromatic rings. The first-order valence-corrected chi connectivity index (χ1v) is 9.28. The number of nitrogens with one attached hydrogen (secondary N) is 1. The Morgan fingerprint density at radius 3 is 2.85 bits per heavy atom. The van der Waals surface area contributed by atoms with Gasteiger partial charge in [0, 0.05) is 11.6 Å². The second-order valence-electron chi connectivity index (χ2n) is 5.30. The van der Waals surface area contributed by atoms with E-state index in [9.17, 15) is 10.1 Å². The zero-order valence-corrected chi connectivity index (χ0v) is 15.6. The van der Waals surface area contributed by atoms with E-state index in [-0.39, 0.29) is 5.57 Å². The molecule has 1 aromatic carbocycles. The molecular weight excluding hydrogens is 350 g/mol. The fraction of sp³-hybridized carbons (Fsp3) is 0.316. The van der Waals surface area contributed by atoms with Crippen LogP contribution in [0.1, 0.15) is 32.3 Å². The molecule has 0 saturated carbocycles. The summed E-state index contributed by atoms with van der Waals surface area (Å²) in [5, 5.41) is 14.1. The number of benzene rings is 1. The maximum absolute atomic E-state index is 12.2. The van der Waals surface area contributed by atoms with Crippen LogP contribution in [0.15, 0.2) is 35.3 Å². The first kappa shape index (κ1) is 19.5. The van der Waals surface area contributed by atoms with Crippen LogP contribution in [0, 0.1) is 11.3 Å². The molecule has 1 aromatic heterocycles. The Bertz CT molecular complexity index is 795. The molecule has 2 rings (SSSR count). The van der Waals surface area contributed by atoms with Crippen LogP contribution < -0.4 is 14.8 Å². The SMILES string of the molecule is CCCCOc1ccc(/C=C(\C#N)C(=O)Nc2nccs2)cc1OCC. The van der Waals surface area contributed by atoms with E-state index in [2.05, 4.69) is 17.2 Å². The molecule has 1 amide bonds. The topological polar surface area (TPSA) is 84.2 Å². The highest BCUT2D eigenvalue weighted by Gasteiger charge is 2.12. The van der Waals surface area contributed by atoms with Crippen molar-refractivity contribution in [3.63, 3.8) is 0 Å². The first-order valence-electron chi connectivity index (χ1n) is 8.40. The lowest BCUT2D eigenvalue weighted by molar-refractivity contribution is -0.112. The van der Waals surface area contributed by atoms with Crippen molar-refractivity contribution < 1.29 is 14.3 Å². The van der Waals surface area contributed by atoms with E-state index in [0.29, 0.717) is 35.4 Å². The number of amides is 1. The maximum Gasteiger partial charge on any atom is 0.268 e. The van der Waals surface area contributed by atoms with Crippen molar-refractivity contribution in [2.24, 2.45) is 0 Å². The molecule has 0 aliphatic heterocycles. The van der Waals surface area contributed by atoms with Crippen molar-refractivity contribution >= 4 is 28.5 Å². The Morgan fingerprint density at radius 1 is 1.35 bits per heavy atom. The highest BCUT2D eigenvalue weighted by molar-refractivity contribution is 7.13. The molecule has 0 fully saturated rings. The number of thiazole rings is 1. The molecule has 0 atom stereocenters. The van der Waals surface area contributed by atoms with E-state index in [0.717, 1.165) is 12.8 Å². The Morgan fingerprint density at radius 2 is 2.19 bits per heavy atom. The lowest BCUT2D eigenvalue weighted by Gasteiger charge is -2.12. The number of carbonyl (C=O) groups excluding carboxylic acids is 1. The van der Waals surface area contributed by atoms with Gasteiger partial charge in [0.05, 0.1) is 13.2 Å². The van der Waals surface area contributed by atoms with Crippen molar-refractivity contribution in [2.45, 2.75) is 26.7 Å². The van der Waals surface area contributed by atoms with Crippen LogP contribution in [0.25, 0.3) is 6.08 Å². The molecule has 0 unspecified atom stereocenters. The number of ether oxygens (including phenoxy) is 2. The minimum absolute atomic E-state index is 0.0118. The van der Waals surface area contributed by atoms with Crippen molar-refractivity contribution in [1.82, 2.24) is 4.98 Å². The number of nitrogens with zero attached hydrogens (tertiary/aromatic N) is 2. The van der Waals surface area contributed by atoms with Crippen molar-refractivity contribution in [3.8, 4) is 17.6 Å². The number of aromatic nitrogens is 1. The average molecular weight is 371 g/mol. The summed E-state index contributed by atoms with van der Waals surface area (Å²) in [6.07, 6.45) is 5.11. The van der Waals surface area contributed by atoms with Crippen LogP contribution in [0.2, 0.25) is 0 Å². The van der Waals surface area contributed by atoms with Crippen molar-refractivity contribution in [1.29, 1.82) is 5.26 Å². The summed E-state index contributed by atoms with van der Waals surface area (Å²) in [7, 11) is 0. The van der Waals surface area contributed by atoms with E-state index in [1.165, 1.54) is 17.4 Å². The number of hydrogen-bond acceptors (Lipinski definition) is 6. The largest absolute Gasteiger partial charge is 0.490 e. The van der Waals surface area contributed by atoms with Crippen molar-refractivity contribution in [2.75, 3.05) is 18.5 Å². The Labute approximate surface area is 157 Å². The molecule has 0 radical (unpaired) electrons. The predicted molar refractivity (Wildman–Crippen MR) is 102 cm³/mol. The van der Waals surface area contributed by atoms with Gasteiger partial charge in [-0.05, 0) is 37.1 Å². The van der Waals surface area contributed by atoms with Gasteiger partial charge in [-0.15, -0.1) is 11.3 Å². The zero-order valence-electron chi connectivity index (χ0n) is 14.8. The van der Waals surface area contributed by atoms with E-state index in [4.69, 9.17) is 9.47 Å². The van der Waals surface area contributed by atoms with Gasteiger partial charge < -0.3 is 9.47 Å². The molecule has 0 saturated heterocycles. The molecule has 0 spiro atoms. The third-order valence-electron chi connectivity index (χ3n) is 3.35. The Balaban J connectivity index is 2.19. The molecular formula is C19H21N3O3S. The number of carbonyl (C=O) groups is 1. The quantitative estimate of drug-likeness (QED) is 0.404. The van der Waals surface area contributed by atoms with Gasteiger partial charge in [0.1, 0.15) is 11.6 Å². The first-order chi connectivity index (χ1) is 12.7. The zero-order chi connectivity index (χ0) is 18.8. The van der Waals surface area contributed by atoms with Crippen LogP contribution in [0.5, 0.6) is 11.5 Å². The molecule has 0 bridgehead atoms. The lowest BCUT2D eigenvalue weighted by Crippen LogP contribution is -2.13. The molecule has 0 aliphatic carbocycles. The van der Waals surface area contributed by atoms with Gasteiger partial charge in [-0.3, -0.25) is 10.1 Å². The standard InChI is InChI=1S/C19H21N3O3S/c1-3-5-9-25-16-7-6-14(12-17(16)24-4-2)11-15(13-20)18(23)22-19-21-8-10-26-19/h6-8,10-12H,3-5,9H2,1-2H3,(H,21,22,23)/b15-11+. The third kappa shape index (κ3) is 5.60. The summed E-state index contributed by atoms with van der Waals surface area (Å²) in [5.41, 5.74) is 0.671. The highest BCUT2D eigenvalue weighted by atomic mass is 32.1. The predicted octanol–water partition coefficient (Wildman–Crippen LogP) is 4.27. The molecule has 1 heterocycles. The minimum Gasteiger partial charge on any atom is -0.490 e. The lowest BCUT2D eigenvalue weighted by atomic mass is 10.1. The van der Waals surface area contributed by atoms with Crippen LogP contribution in [-0.4, -0.2) is 24.1 Å². The normalized spacial score (nSPS) is 10.9. The maximum atomic E-state index is 12.2. The summed E-state index contributed by atoms with van der Waals surface area (Å²) < 4.78 is 11.4. The Kier molecular flexibility index (Phi) is 7.65. The number of anilines is 1. The van der Waals surface area contributed by atoms with Crippen LogP contribution >= 0.6 is 11.3 Å². The van der Waals surface area contributed by atoms with Gasteiger partial charge in [0.25, 0.3) is 5.91 Å². The summed E-state index contributed by atoms with van der Waals surface area (Å²) >= 11 is 1.29. The third-order valence-corrected chi connectivity index (χ3v) is 4.04. The minimum atomic E-state index is -0.497. The number of unbranched alkanes of at least 4 members (excludes halogenated alkanes) is 1.